The average Bonchev–Trinajstić information content (AvgIpc) is 2.83. The van der Waals surface area contributed by atoms with E-state index < -0.39 is 0 Å². The summed E-state index contributed by atoms with van der Waals surface area (Å²) < 4.78 is 0. The summed E-state index contributed by atoms with van der Waals surface area (Å²) in [6, 6.07) is 12.1. The number of piperidine rings is 2. The fourth-order valence-electron chi connectivity index (χ4n) is 4.56. The molecule has 2 aliphatic heterocycles. The second kappa shape index (κ2) is 9.68. The Kier molecular flexibility index (Phi) is 6.55. The summed E-state index contributed by atoms with van der Waals surface area (Å²) in [5.74, 6) is 0.972. The number of carbonyl (C=O) groups is 1. The smallest absolute Gasteiger partial charge is 0.224 e. The summed E-state index contributed by atoms with van der Waals surface area (Å²) in [4.78, 5) is 26.1. The van der Waals surface area contributed by atoms with Crippen molar-refractivity contribution in [2.75, 3.05) is 31.1 Å². The second-order valence-corrected chi connectivity index (χ2v) is 8.08. The fourth-order valence-corrected chi connectivity index (χ4v) is 4.56. The third-order valence-electron chi connectivity index (χ3n) is 6.18. The molecule has 0 bridgehead atoms. The minimum Gasteiger partial charge on any atom is -0.355 e. The Bertz CT molecular complexity index is 888. The molecule has 2 aromatic heterocycles. The fraction of sp³-hybridized carbons (Fsp3) is 0.478. The molecule has 1 N–H and O–H groups in total. The Balaban J connectivity index is 1.29. The lowest BCUT2D eigenvalue weighted by Crippen LogP contribution is -2.51. The Morgan fingerprint density at radius 2 is 1.93 bits per heavy atom. The molecule has 2 fully saturated rings. The molecule has 0 spiro atoms. The zero-order chi connectivity index (χ0) is 20.8. The van der Waals surface area contributed by atoms with Crippen molar-refractivity contribution < 1.29 is 4.79 Å². The minimum atomic E-state index is 0.0430. The van der Waals surface area contributed by atoms with E-state index in [1.807, 2.05) is 30.3 Å². The van der Waals surface area contributed by atoms with Crippen LogP contribution in [0, 0.1) is 17.2 Å². The van der Waals surface area contributed by atoms with Gasteiger partial charge in [0.05, 0.1) is 23.7 Å². The largest absolute Gasteiger partial charge is 0.355 e. The highest BCUT2D eigenvalue weighted by molar-refractivity contribution is 5.78. The molecule has 4 heterocycles. The van der Waals surface area contributed by atoms with Crippen molar-refractivity contribution in [1.29, 1.82) is 5.26 Å². The Hall–Kier alpha value is -2.98. The molecule has 156 valence electrons. The number of rotatable bonds is 5. The van der Waals surface area contributed by atoms with Crippen LogP contribution in [0.3, 0.4) is 0 Å². The second-order valence-electron chi connectivity index (χ2n) is 8.08. The highest BCUT2D eigenvalue weighted by Crippen LogP contribution is 2.27. The minimum absolute atomic E-state index is 0.0430. The van der Waals surface area contributed by atoms with Crippen LogP contribution in [0.15, 0.2) is 42.7 Å². The van der Waals surface area contributed by atoms with Crippen molar-refractivity contribution in [3.8, 4) is 6.07 Å². The maximum atomic E-state index is 12.7. The Labute approximate surface area is 177 Å². The van der Waals surface area contributed by atoms with Crippen molar-refractivity contribution in [1.82, 2.24) is 20.2 Å². The molecule has 2 aromatic rings. The number of likely N-dealkylation sites (tertiary alicyclic amines) is 1. The van der Waals surface area contributed by atoms with E-state index in [-0.39, 0.29) is 11.8 Å². The van der Waals surface area contributed by atoms with Gasteiger partial charge in [0.1, 0.15) is 11.9 Å². The summed E-state index contributed by atoms with van der Waals surface area (Å²) in [6.45, 7) is 4.15. The van der Waals surface area contributed by atoms with Gasteiger partial charge in [-0.25, -0.2) is 4.98 Å². The molecule has 7 nitrogen and oxygen atoms in total. The summed E-state index contributed by atoms with van der Waals surface area (Å²) in [7, 11) is 0. The summed E-state index contributed by atoms with van der Waals surface area (Å²) in [5, 5.41) is 12.4. The number of hydrogen-bond donors (Lipinski definition) is 1. The van der Waals surface area contributed by atoms with Crippen LogP contribution in [0.2, 0.25) is 0 Å². The van der Waals surface area contributed by atoms with Gasteiger partial charge in [-0.1, -0.05) is 6.07 Å². The quantitative estimate of drug-likeness (QED) is 0.823. The van der Waals surface area contributed by atoms with E-state index in [0.29, 0.717) is 18.2 Å². The van der Waals surface area contributed by atoms with E-state index in [2.05, 4.69) is 31.2 Å². The van der Waals surface area contributed by atoms with Crippen LogP contribution in [0.1, 0.15) is 36.9 Å². The Morgan fingerprint density at radius 3 is 2.70 bits per heavy atom. The highest BCUT2D eigenvalue weighted by Gasteiger charge is 2.32. The number of amides is 1. The van der Waals surface area contributed by atoms with Gasteiger partial charge < -0.3 is 10.2 Å². The predicted octanol–water partition coefficient (Wildman–Crippen LogP) is 2.35. The molecular weight excluding hydrogens is 376 g/mol. The molecule has 0 aromatic carbocycles. The molecule has 0 unspecified atom stereocenters. The maximum Gasteiger partial charge on any atom is 0.224 e. The van der Waals surface area contributed by atoms with Crippen LogP contribution in [-0.4, -0.2) is 53.0 Å². The number of hydrogen-bond acceptors (Lipinski definition) is 6. The van der Waals surface area contributed by atoms with E-state index in [0.717, 1.165) is 63.4 Å². The normalized spacial score (nSPS) is 20.5. The van der Waals surface area contributed by atoms with Crippen LogP contribution >= 0.6 is 0 Å². The lowest BCUT2D eigenvalue weighted by molar-refractivity contribution is -0.127. The summed E-state index contributed by atoms with van der Waals surface area (Å²) in [6.07, 6.45) is 7.57. The van der Waals surface area contributed by atoms with Gasteiger partial charge in [0, 0.05) is 38.1 Å². The predicted molar refractivity (Wildman–Crippen MR) is 115 cm³/mol. The topological polar surface area (TPSA) is 85.2 Å². The van der Waals surface area contributed by atoms with Gasteiger partial charge >= 0.3 is 0 Å². The van der Waals surface area contributed by atoms with Crippen molar-refractivity contribution in [2.24, 2.45) is 5.92 Å². The molecule has 4 rings (SSSR count). The zero-order valence-corrected chi connectivity index (χ0v) is 17.2. The van der Waals surface area contributed by atoms with E-state index in [1.165, 1.54) is 0 Å². The third kappa shape index (κ3) is 4.77. The van der Waals surface area contributed by atoms with Crippen molar-refractivity contribution in [2.45, 2.75) is 38.3 Å². The molecule has 0 radical (unpaired) electrons. The van der Waals surface area contributed by atoms with Gasteiger partial charge in [-0.05, 0) is 56.5 Å². The molecule has 2 saturated heterocycles. The number of nitriles is 1. The summed E-state index contributed by atoms with van der Waals surface area (Å²) in [5.41, 5.74) is 1.52. The van der Waals surface area contributed by atoms with E-state index in [4.69, 9.17) is 0 Å². The molecule has 30 heavy (non-hydrogen) atoms. The highest BCUT2D eigenvalue weighted by atomic mass is 16.1. The first-order chi connectivity index (χ1) is 14.7. The first-order valence-corrected chi connectivity index (χ1v) is 10.8. The third-order valence-corrected chi connectivity index (χ3v) is 6.18. The zero-order valence-electron chi connectivity index (χ0n) is 17.2. The van der Waals surface area contributed by atoms with Crippen LogP contribution in [0.5, 0.6) is 0 Å². The van der Waals surface area contributed by atoms with Crippen molar-refractivity contribution in [3.05, 3.63) is 54.0 Å². The standard InChI is InChI=1S/C23H28N6O/c24-15-18-5-3-11-26-22(18)28-13-8-21(9-14-28)29-12-4-6-19(17-29)23(30)27-16-20-7-1-2-10-25-20/h1-3,5,7,10-11,19,21H,4,6,8-9,12-14,16-17H2,(H,27,30)/t19-/m1/s1. The van der Waals surface area contributed by atoms with E-state index in [9.17, 15) is 10.1 Å². The number of pyridine rings is 2. The Morgan fingerprint density at radius 1 is 1.10 bits per heavy atom. The number of anilines is 1. The van der Waals surface area contributed by atoms with Crippen LogP contribution in [-0.2, 0) is 11.3 Å². The molecule has 1 amide bonds. The first kappa shape index (κ1) is 20.3. The van der Waals surface area contributed by atoms with Gasteiger partial charge in [0.2, 0.25) is 5.91 Å². The van der Waals surface area contributed by atoms with Crippen LogP contribution < -0.4 is 10.2 Å². The lowest BCUT2D eigenvalue weighted by atomic mass is 9.93. The number of carbonyl (C=O) groups excluding carboxylic acids is 1. The molecule has 0 aliphatic carbocycles. The maximum absolute atomic E-state index is 12.7. The van der Waals surface area contributed by atoms with Gasteiger partial charge in [0.15, 0.2) is 0 Å². The number of nitrogens with one attached hydrogen (secondary N) is 1. The van der Waals surface area contributed by atoms with E-state index in [1.54, 1.807) is 12.4 Å². The monoisotopic (exact) mass is 404 g/mol. The summed E-state index contributed by atoms with van der Waals surface area (Å²) >= 11 is 0. The van der Waals surface area contributed by atoms with Gasteiger partial charge in [-0.3, -0.25) is 14.7 Å². The average molecular weight is 405 g/mol. The first-order valence-electron chi connectivity index (χ1n) is 10.8. The number of aromatic nitrogens is 2. The molecule has 2 aliphatic rings. The van der Waals surface area contributed by atoms with Crippen LogP contribution in [0.4, 0.5) is 5.82 Å². The molecular formula is C23H28N6O. The van der Waals surface area contributed by atoms with Crippen molar-refractivity contribution in [3.63, 3.8) is 0 Å². The molecule has 0 saturated carbocycles. The van der Waals surface area contributed by atoms with Crippen molar-refractivity contribution >= 4 is 11.7 Å². The lowest BCUT2D eigenvalue weighted by Gasteiger charge is -2.42. The van der Waals surface area contributed by atoms with Crippen LogP contribution in [0.25, 0.3) is 0 Å². The van der Waals surface area contributed by atoms with E-state index >= 15 is 0 Å². The SMILES string of the molecule is N#Cc1cccnc1N1CCC(N2CCC[C@@H](C(=O)NCc3ccccn3)C2)CC1. The molecule has 1 atom stereocenters. The van der Waals surface area contributed by atoms with Gasteiger partial charge in [-0.15, -0.1) is 0 Å². The van der Waals surface area contributed by atoms with Gasteiger partial charge in [0.25, 0.3) is 0 Å². The number of nitrogens with zero attached hydrogens (tertiary/aromatic N) is 5. The van der Waals surface area contributed by atoms with Gasteiger partial charge in [-0.2, -0.15) is 5.26 Å². The molecule has 7 heteroatoms.